The molecule has 0 radical (unpaired) electrons. The smallest absolute Gasteiger partial charge is 0.432 e. The fourth-order valence-corrected chi connectivity index (χ4v) is 4.17. The maximum Gasteiger partial charge on any atom is 0.510 e. The average Bonchev–Trinajstić information content (AvgIpc) is 3.21. The quantitative estimate of drug-likeness (QED) is 0.157. The maximum atomic E-state index is 13.2. The monoisotopic (exact) mass is 571 g/mol. The van der Waals surface area contributed by atoms with E-state index < -0.39 is 70.1 Å². The number of phosphoric acid groups is 1. The second-order valence-corrected chi connectivity index (χ2v) is 10.2. The third kappa shape index (κ3) is 10.1. The number of alkyl halides is 1. The second-order valence-electron chi connectivity index (χ2n) is 8.31. The minimum atomic E-state index is -4.52. The van der Waals surface area contributed by atoms with Gasteiger partial charge in [0.25, 0.3) is 0 Å². The zero-order valence-corrected chi connectivity index (χ0v) is 22.5. The van der Waals surface area contributed by atoms with E-state index >= 15 is 0 Å². The Balaban J connectivity index is 2.04. The minimum absolute atomic E-state index is 0.0559. The predicted octanol–water partition coefficient (Wildman–Crippen LogP) is 3.31. The molecule has 2 heterocycles. The van der Waals surface area contributed by atoms with Gasteiger partial charge in [0.1, 0.15) is 17.6 Å². The molecule has 17 heteroatoms. The first kappa shape index (κ1) is 30.8. The Bertz CT molecular complexity index is 991. The van der Waals surface area contributed by atoms with Crippen molar-refractivity contribution in [1.82, 2.24) is 9.55 Å². The number of carbonyl (C=O) groups is 2. The van der Waals surface area contributed by atoms with Crippen LogP contribution in [0.25, 0.3) is 0 Å². The molecule has 0 bridgehead atoms. The molecule has 210 valence electrons. The Labute approximate surface area is 217 Å². The summed E-state index contributed by atoms with van der Waals surface area (Å²) in [6.45, 7) is 4.23. The van der Waals surface area contributed by atoms with Crippen molar-refractivity contribution in [2.75, 3.05) is 31.8 Å². The summed E-state index contributed by atoms with van der Waals surface area (Å²) in [7, 11) is -4.52. The molecule has 0 saturated carbocycles. The number of nitrogens with two attached hydrogens (primary N) is 1. The van der Waals surface area contributed by atoms with Gasteiger partial charge in [-0.1, -0.05) is 0 Å². The van der Waals surface area contributed by atoms with Crippen molar-refractivity contribution in [2.24, 2.45) is 0 Å². The second kappa shape index (κ2) is 13.9. The highest BCUT2D eigenvalue weighted by molar-refractivity contribution is 7.48. The standard InChI is InChI=1S/C20H31ClN3O12P/c1-13(2)34-18(26)29-11-32-37(28,33-12-30-19(27)35-14(3)4)31-10-20(9-21)7-5-16(36-20)24-8-6-15(22)23-17(24)25/h6,8,13-14,16H,5,7,9-12H2,1-4H3,(H2,22,23,25). The third-order valence-corrected chi connectivity index (χ3v) is 6.34. The zero-order valence-electron chi connectivity index (χ0n) is 20.8. The summed E-state index contributed by atoms with van der Waals surface area (Å²) in [6, 6.07) is 1.44. The van der Waals surface area contributed by atoms with Gasteiger partial charge in [-0.3, -0.25) is 9.09 Å². The van der Waals surface area contributed by atoms with Gasteiger partial charge in [-0.25, -0.2) is 28.0 Å². The number of phosphoric ester groups is 1. The van der Waals surface area contributed by atoms with Gasteiger partial charge in [0, 0.05) is 6.20 Å². The van der Waals surface area contributed by atoms with Crippen LogP contribution in [0.15, 0.2) is 17.1 Å². The number of halogens is 1. The van der Waals surface area contributed by atoms with Crippen LogP contribution in [0.1, 0.15) is 46.8 Å². The van der Waals surface area contributed by atoms with Crippen LogP contribution in [0.3, 0.4) is 0 Å². The summed E-state index contributed by atoms with van der Waals surface area (Å²) in [4.78, 5) is 39.0. The molecule has 1 saturated heterocycles. The molecule has 0 spiro atoms. The molecule has 0 amide bonds. The van der Waals surface area contributed by atoms with E-state index in [1.165, 1.54) is 16.8 Å². The SMILES string of the molecule is CC(C)OC(=O)OCOP(=O)(OCOC(=O)OC(C)C)OCC1(CCl)CCC(n2ccc(N)nc2=O)O1. The van der Waals surface area contributed by atoms with Crippen LogP contribution in [0.2, 0.25) is 0 Å². The van der Waals surface area contributed by atoms with Gasteiger partial charge in [-0.15, -0.1) is 11.6 Å². The molecule has 2 rings (SSSR count). The summed E-state index contributed by atoms with van der Waals surface area (Å²) in [5, 5.41) is 0. The molecule has 0 aromatic carbocycles. The number of carbonyl (C=O) groups excluding carboxylic acids is 2. The van der Waals surface area contributed by atoms with Crippen LogP contribution in [0.5, 0.6) is 0 Å². The van der Waals surface area contributed by atoms with Crippen molar-refractivity contribution in [3.05, 3.63) is 22.7 Å². The molecule has 2 N–H and O–H groups in total. The fourth-order valence-electron chi connectivity index (χ4n) is 2.92. The molecule has 1 aliphatic rings. The number of aromatic nitrogens is 2. The van der Waals surface area contributed by atoms with Crippen molar-refractivity contribution < 1.29 is 51.4 Å². The van der Waals surface area contributed by atoms with Crippen LogP contribution >= 0.6 is 19.4 Å². The van der Waals surface area contributed by atoms with Gasteiger partial charge in [-0.2, -0.15) is 4.98 Å². The molecule has 1 aliphatic heterocycles. The molecule has 2 atom stereocenters. The first-order valence-electron chi connectivity index (χ1n) is 11.2. The molecule has 37 heavy (non-hydrogen) atoms. The number of nitrogens with zero attached hydrogens (tertiary/aromatic N) is 2. The van der Waals surface area contributed by atoms with E-state index in [2.05, 4.69) is 14.5 Å². The van der Waals surface area contributed by atoms with Crippen LogP contribution in [-0.2, 0) is 41.8 Å². The van der Waals surface area contributed by atoms with Crippen molar-refractivity contribution >= 4 is 37.6 Å². The number of rotatable bonds is 13. The Morgan fingerprint density at radius 1 is 1.16 bits per heavy atom. The summed E-state index contributed by atoms with van der Waals surface area (Å²) in [5.74, 6) is -0.0601. The van der Waals surface area contributed by atoms with Crippen molar-refractivity contribution in [1.29, 1.82) is 0 Å². The predicted molar refractivity (Wildman–Crippen MR) is 127 cm³/mol. The average molecular weight is 572 g/mol. The number of hydrogen-bond donors (Lipinski definition) is 1. The third-order valence-electron chi connectivity index (χ3n) is 4.56. The van der Waals surface area contributed by atoms with Crippen molar-refractivity contribution in [3.63, 3.8) is 0 Å². The molecular weight excluding hydrogens is 541 g/mol. The maximum absolute atomic E-state index is 13.2. The number of nitrogen functional groups attached to an aromatic ring is 1. The van der Waals surface area contributed by atoms with Gasteiger partial charge in [0.05, 0.1) is 24.7 Å². The van der Waals surface area contributed by atoms with Crippen LogP contribution in [0.4, 0.5) is 15.4 Å². The number of ether oxygens (including phenoxy) is 5. The van der Waals surface area contributed by atoms with E-state index in [9.17, 15) is 18.9 Å². The van der Waals surface area contributed by atoms with Gasteiger partial charge in [0.15, 0.2) is 0 Å². The van der Waals surface area contributed by atoms with Crippen LogP contribution in [0, 0.1) is 0 Å². The van der Waals surface area contributed by atoms with E-state index in [1.54, 1.807) is 27.7 Å². The fraction of sp³-hybridized carbons (Fsp3) is 0.700. The molecule has 1 aromatic heterocycles. The van der Waals surface area contributed by atoms with E-state index in [0.29, 0.717) is 12.8 Å². The summed E-state index contributed by atoms with van der Waals surface area (Å²) < 4.78 is 54.7. The van der Waals surface area contributed by atoms with Crippen molar-refractivity contribution in [3.8, 4) is 0 Å². The molecule has 0 aliphatic carbocycles. The van der Waals surface area contributed by atoms with Crippen molar-refractivity contribution in [2.45, 2.75) is 64.6 Å². The summed E-state index contributed by atoms with van der Waals surface area (Å²) in [5.41, 5.74) is 3.70. The van der Waals surface area contributed by atoms with Gasteiger partial charge in [0.2, 0.25) is 13.6 Å². The molecular formula is C20H31ClN3O12P. The molecule has 2 unspecified atom stereocenters. The Kier molecular flexibility index (Phi) is 11.6. The molecule has 15 nitrogen and oxygen atoms in total. The lowest BCUT2D eigenvalue weighted by molar-refractivity contribution is -0.0946. The molecule has 1 aromatic rings. The summed E-state index contributed by atoms with van der Waals surface area (Å²) >= 11 is 6.13. The highest BCUT2D eigenvalue weighted by Gasteiger charge is 2.44. The number of hydrogen-bond acceptors (Lipinski definition) is 14. The minimum Gasteiger partial charge on any atom is -0.432 e. The van der Waals surface area contributed by atoms with Gasteiger partial charge >= 0.3 is 25.8 Å². The Hall–Kier alpha value is -2.42. The van der Waals surface area contributed by atoms with E-state index in [4.69, 9.17) is 45.1 Å². The van der Waals surface area contributed by atoms with Gasteiger partial charge < -0.3 is 29.4 Å². The van der Waals surface area contributed by atoms with E-state index in [0.717, 1.165) is 0 Å². The number of anilines is 1. The lowest BCUT2D eigenvalue weighted by Gasteiger charge is -2.28. The van der Waals surface area contributed by atoms with E-state index in [-0.39, 0.29) is 11.7 Å². The molecule has 1 fully saturated rings. The first-order chi connectivity index (χ1) is 17.4. The highest BCUT2D eigenvalue weighted by atomic mass is 35.5. The first-order valence-corrected chi connectivity index (χ1v) is 13.2. The summed E-state index contributed by atoms with van der Waals surface area (Å²) in [6.07, 6.45) is -1.76. The topological polar surface area (TPSA) is 186 Å². The zero-order chi connectivity index (χ0) is 27.6. The highest BCUT2D eigenvalue weighted by Crippen LogP contribution is 2.51. The Morgan fingerprint density at radius 3 is 2.22 bits per heavy atom. The van der Waals surface area contributed by atoms with E-state index in [1.807, 2.05) is 0 Å². The van der Waals surface area contributed by atoms with Crippen LogP contribution < -0.4 is 11.4 Å². The lowest BCUT2D eigenvalue weighted by Crippen LogP contribution is -2.37. The Morgan fingerprint density at radius 2 is 1.73 bits per heavy atom. The largest absolute Gasteiger partial charge is 0.510 e. The normalized spacial score (nSPS) is 19.7. The van der Waals surface area contributed by atoms with Crippen LogP contribution in [-0.4, -0.2) is 65.7 Å². The van der Waals surface area contributed by atoms with Gasteiger partial charge in [-0.05, 0) is 46.6 Å². The lowest BCUT2D eigenvalue weighted by atomic mass is 10.0.